The molecular formula is C13H20N2O2S. The lowest BCUT2D eigenvalue weighted by Gasteiger charge is -2.30. The van der Waals surface area contributed by atoms with Gasteiger partial charge in [-0.2, -0.15) is 0 Å². The highest BCUT2D eigenvalue weighted by molar-refractivity contribution is 7.92. The largest absolute Gasteiger partial charge is 0.308 e. The molecule has 1 aliphatic rings. The molecule has 0 spiro atoms. The van der Waals surface area contributed by atoms with Crippen LogP contribution in [0, 0.1) is 0 Å². The summed E-state index contributed by atoms with van der Waals surface area (Å²) in [6.45, 7) is 3.11. The van der Waals surface area contributed by atoms with Crippen molar-refractivity contribution in [3.05, 3.63) is 29.8 Å². The Morgan fingerprint density at radius 2 is 2.00 bits per heavy atom. The highest BCUT2D eigenvalue weighted by atomic mass is 32.2. The maximum atomic E-state index is 11.7. The average molecular weight is 268 g/mol. The van der Waals surface area contributed by atoms with Crippen molar-refractivity contribution in [3.63, 3.8) is 0 Å². The predicted octanol–water partition coefficient (Wildman–Crippen LogP) is 1.68. The van der Waals surface area contributed by atoms with Crippen molar-refractivity contribution in [1.29, 1.82) is 0 Å². The van der Waals surface area contributed by atoms with Crippen LogP contribution in [0.3, 0.4) is 0 Å². The summed E-state index contributed by atoms with van der Waals surface area (Å²) in [6.07, 6.45) is 3.38. The van der Waals surface area contributed by atoms with Crippen molar-refractivity contribution in [2.45, 2.75) is 25.3 Å². The van der Waals surface area contributed by atoms with E-state index in [9.17, 15) is 8.42 Å². The van der Waals surface area contributed by atoms with Crippen LogP contribution in [0.25, 0.3) is 0 Å². The Labute approximate surface area is 109 Å². The molecule has 5 heteroatoms. The Balaban J connectivity index is 2.50. The van der Waals surface area contributed by atoms with E-state index in [-0.39, 0.29) is 5.54 Å². The second-order valence-corrected chi connectivity index (χ2v) is 7.12. The summed E-state index contributed by atoms with van der Waals surface area (Å²) in [5.74, 6) is 0. The van der Waals surface area contributed by atoms with Crippen LogP contribution in [-0.2, 0) is 15.6 Å². The molecule has 1 heterocycles. The molecule has 1 unspecified atom stereocenters. The van der Waals surface area contributed by atoms with E-state index in [0.717, 1.165) is 30.6 Å². The molecule has 1 aromatic rings. The van der Waals surface area contributed by atoms with Gasteiger partial charge in [0.2, 0.25) is 10.0 Å². The number of anilines is 1. The molecule has 1 fully saturated rings. The Morgan fingerprint density at radius 3 is 2.56 bits per heavy atom. The molecule has 18 heavy (non-hydrogen) atoms. The molecule has 0 saturated carbocycles. The topological polar surface area (TPSA) is 49.4 Å². The maximum Gasteiger partial charge on any atom is 0.232 e. The SMILES string of the molecule is CN(c1ccccc1C1(C)CCCN1)S(C)(=O)=O. The first-order chi connectivity index (χ1) is 8.34. The summed E-state index contributed by atoms with van der Waals surface area (Å²) >= 11 is 0. The molecule has 1 saturated heterocycles. The highest BCUT2D eigenvalue weighted by Crippen LogP contribution is 2.36. The summed E-state index contributed by atoms with van der Waals surface area (Å²) in [6, 6.07) is 7.70. The molecule has 0 bridgehead atoms. The second kappa shape index (κ2) is 4.55. The minimum Gasteiger partial charge on any atom is -0.308 e. The number of hydrogen-bond donors (Lipinski definition) is 1. The smallest absolute Gasteiger partial charge is 0.232 e. The summed E-state index contributed by atoms with van der Waals surface area (Å²) in [4.78, 5) is 0. The number of nitrogens with zero attached hydrogens (tertiary/aromatic N) is 1. The van der Waals surface area contributed by atoms with Crippen LogP contribution in [0.1, 0.15) is 25.3 Å². The normalized spacial score (nSPS) is 24.2. The van der Waals surface area contributed by atoms with E-state index in [4.69, 9.17) is 0 Å². The van der Waals surface area contributed by atoms with E-state index in [1.165, 1.54) is 10.6 Å². The van der Waals surface area contributed by atoms with Crippen LogP contribution in [0.2, 0.25) is 0 Å². The van der Waals surface area contributed by atoms with Gasteiger partial charge in [-0.3, -0.25) is 4.31 Å². The van der Waals surface area contributed by atoms with E-state index in [0.29, 0.717) is 0 Å². The number of hydrogen-bond acceptors (Lipinski definition) is 3. The summed E-state index contributed by atoms with van der Waals surface area (Å²) in [7, 11) is -1.63. The third-order valence-electron chi connectivity index (χ3n) is 3.70. The lowest BCUT2D eigenvalue weighted by Crippen LogP contribution is -2.36. The van der Waals surface area contributed by atoms with E-state index < -0.39 is 10.0 Å². The summed E-state index contributed by atoms with van der Waals surface area (Å²) in [5, 5.41) is 3.47. The van der Waals surface area contributed by atoms with Crippen LogP contribution in [0.4, 0.5) is 5.69 Å². The van der Waals surface area contributed by atoms with Crippen molar-refractivity contribution in [3.8, 4) is 0 Å². The van der Waals surface area contributed by atoms with Crippen LogP contribution in [-0.4, -0.2) is 28.3 Å². The minimum absolute atomic E-state index is 0.129. The Bertz CT molecular complexity index is 534. The van der Waals surface area contributed by atoms with Gasteiger partial charge in [-0.1, -0.05) is 18.2 Å². The molecule has 1 aliphatic heterocycles. The fourth-order valence-corrected chi connectivity index (χ4v) is 3.03. The van der Waals surface area contributed by atoms with Crippen molar-refractivity contribution in [1.82, 2.24) is 5.32 Å². The minimum atomic E-state index is -3.23. The van der Waals surface area contributed by atoms with E-state index in [2.05, 4.69) is 12.2 Å². The molecule has 0 radical (unpaired) electrons. The Hall–Kier alpha value is -1.07. The first-order valence-electron chi connectivity index (χ1n) is 6.13. The molecule has 0 amide bonds. The number of sulfonamides is 1. The molecular weight excluding hydrogens is 248 g/mol. The molecule has 0 aliphatic carbocycles. The third kappa shape index (κ3) is 2.37. The standard InChI is InChI=1S/C13H20N2O2S/c1-13(9-6-10-14-13)11-7-4-5-8-12(11)15(2)18(3,16)17/h4-5,7-8,14H,6,9-10H2,1-3H3. The monoisotopic (exact) mass is 268 g/mol. The third-order valence-corrected chi connectivity index (χ3v) is 4.90. The zero-order valence-corrected chi connectivity index (χ0v) is 11.9. The van der Waals surface area contributed by atoms with Gasteiger partial charge in [-0.05, 0) is 37.9 Å². The number of rotatable bonds is 3. The fraction of sp³-hybridized carbons (Fsp3) is 0.538. The zero-order chi connectivity index (χ0) is 13.4. The first-order valence-corrected chi connectivity index (χ1v) is 7.98. The summed E-state index contributed by atoms with van der Waals surface area (Å²) < 4.78 is 24.8. The van der Waals surface area contributed by atoms with Gasteiger partial charge in [0.15, 0.2) is 0 Å². The van der Waals surface area contributed by atoms with Crippen molar-refractivity contribution >= 4 is 15.7 Å². The van der Waals surface area contributed by atoms with Gasteiger partial charge in [-0.25, -0.2) is 8.42 Å². The van der Waals surface area contributed by atoms with Crippen molar-refractivity contribution in [2.75, 3.05) is 24.2 Å². The lowest BCUT2D eigenvalue weighted by molar-refractivity contribution is 0.435. The van der Waals surface area contributed by atoms with E-state index in [1.807, 2.05) is 24.3 Å². The number of para-hydroxylation sites is 1. The molecule has 1 N–H and O–H groups in total. The average Bonchev–Trinajstić information content (AvgIpc) is 2.75. The number of nitrogens with one attached hydrogen (secondary N) is 1. The van der Waals surface area contributed by atoms with Gasteiger partial charge in [0.25, 0.3) is 0 Å². The maximum absolute atomic E-state index is 11.7. The molecule has 0 aromatic heterocycles. The molecule has 1 atom stereocenters. The van der Waals surface area contributed by atoms with Gasteiger partial charge in [-0.15, -0.1) is 0 Å². The molecule has 100 valence electrons. The van der Waals surface area contributed by atoms with Crippen LogP contribution in [0.5, 0.6) is 0 Å². The second-order valence-electron chi connectivity index (χ2n) is 5.11. The fourth-order valence-electron chi connectivity index (χ4n) is 2.52. The van der Waals surface area contributed by atoms with Crippen LogP contribution in [0.15, 0.2) is 24.3 Å². The number of benzene rings is 1. The molecule has 1 aromatic carbocycles. The van der Waals surface area contributed by atoms with Crippen LogP contribution >= 0.6 is 0 Å². The van der Waals surface area contributed by atoms with Crippen LogP contribution < -0.4 is 9.62 Å². The van der Waals surface area contributed by atoms with Gasteiger partial charge >= 0.3 is 0 Å². The van der Waals surface area contributed by atoms with E-state index in [1.54, 1.807) is 7.05 Å². The Morgan fingerprint density at radius 1 is 1.33 bits per heavy atom. The predicted molar refractivity (Wildman–Crippen MR) is 74.3 cm³/mol. The molecule has 2 rings (SSSR count). The van der Waals surface area contributed by atoms with Crippen molar-refractivity contribution in [2.24, 2.45) is 0 Å². The summed E-state index contributed by atoms with van der Waals surface area (Å²) in [5.41, 5.74) is 1.68. The Kier molecular flexibility index (Phi) is 3.38. The van der Waals surface area contributed by atoms with Crippen molar-refractivity contribution < 1.29 is 8.42 Å². The van der Waals surface area contributed by atoms with Gasteiger partial charge < -0.3 is 5.32 Å². The highest BCUT2D eigenvalue weighted by Gasteiger charge is 2.33. The van der Waals surface area contributed by atoms with Gasteiger partial charge in [0, 0.05) is 12.6 Å². The first kappa shape index (κ1) is 13.4. The van der Waals surface area contributed by atoms with Gasteiger partial charge in [0.1, 0.15) is 0 Å². The van der Waals surface area contributed by atoms with E-state index >= 15 is 0 Å². The molecule has 4 nitrogen and oxygen atoms in total. The lowest BCUT2D eigenvalue weighted by atomic mass is 9.89. The van der Waals surface area contributed by atoms with Gasteiger partial charge in [0.05, 0.1) is 11.9 Å². The quantitative estimate of drug-likeness (QED) is 0.907. The zero-order valence-electron chi connectivity index (χ0n) is 11.1.